The van der Waals surface area contributed by atoms with Crippen LogP contribution in [0.5, 0.6) is 17.2 Å². The lowest BCUT2D eigenvalue weighted by Gasteiger charge is -2.09. The monoisotopic (exact) mass is 353 g/mol. The first kappa shape index (κ1) is 17.5. The molecule has 3 rings (SSSR count). The lowest BCUT2D eigenvalue weighted by molar-refractivity contribution is -0.129. The van der Waals surface area contributed by atoms with Crippen LogP contribution in [0, 0.1) is 6.92 Å². The molecule has 26 heavy (non-hydrogen) atoms. The molecule has 0 spiro atoms. The highest BCUT2D eigenvalue weighted by Gasteiger charge is 2.27. The van der Waals surface area contributed by atoms with E-state index in [1.165, 1.54) is 0 Å². The summed E-state index contributed by atoms with van der Waals surface area (Å²) in [6, 6.07) is 10.9. The highest BCUT2D eigenvalue weighted by molar-refractivity contribution is 6.14. The van der Waals surface area contributed by atoms with E-state index in [-0.39, 0.29) is 11.6 Å². The Hall–Kier alpha value is -3.28. The Morgan fingerprint density at radius 3 is 2.54 bits per heavy atom. The molecule has 0 atom stereocenters. The summed E-state index contributed by atoms with van der Waals surface area (Å²) in [6.45, 7) is 1.92. The van der Waals surface area contributed by atoms with Crippen LogP contribution in [0.2, 0.25) is 0 Å². The lowest BCUT2D eigenvalue weighted by Crippen LogP contribution is -2.07. The van der Waals surface area contributed by atoms with Crippen LogP contribution in [0.1, 0.15) is 16.7 Å². The molecular weight excluding hydrogens is 334 g/mol. The number of nitrogens with zero attached hydrogens (tertiary/aromatic N) is 1. The highest BCUT2D eigenvalue weighted by Crippen LogP contribution is 2.30. The molecule has 0 aromatic heterocycles. The summed E-state index contributed by atoms with van der Waals surface area (Å²) in [5, 5.41) is 0. The smallest absolute Gasteiger partial charge is 0.363 e. The van der Waals surface area contributed by atoms with Gasteiger partial charge in [0.1, 0.15) is 17.2 Å². The van der Waals surface area contributed by atoms with Crippen LogP contribution < -0.4 is 14.2 Å². The van der Waals surface area contributed by atoms with Crippen LogP contribution in [0.3, 0.4) is 0 Å². The summed E-state index contributed by atoms with van der Waals surface area (Å²) in [6.07, 6.45) is 1.62. The summed E-state index contributed by atoms with van der Waals surface area (Å²) >= 11 is 0. The number of para-hydroxylation sites is 1. The highest BCUT2D eigenvalue weighted by atomic mass is 16.6. The van der Waals surface area contributed by atoms with Gasteiger partial charge < -0.3 is 18.9 Å². The first-order valence-electron chi connectivity index (χ1n) is 7.96. The molecule has 2 aromatic rings. The molecule has 0 fully saturated rings. The van der Waals surface area contributed by atoms with Crippen molar-refractivity contribution in [3.63, 3.8) is 0 Å². The van der Waals surface area contributed by atoms with Crippen molar-refractivity contribution in [2.75, 3.05) is 21.3 Å². The van der Waals surface area contributed by atoms with Crippen LogP contribution in [0.15, 0.2) is 47.1 Å². The normalized spacial score (nSPS) is 14.8. The molecule has 0 unspecified atom stereocenters. The zero-order valence-electron chi connectivity index (χ0n) is 15.0. The minimum atomic E-state index is -0.526. The Balaban J connectivity index is 2.01. The number of ether oxygens (including phenoxy) is 4. The molecule has 6 nitrogen and oxygen atoms in total. The Bertz CT molecular complexity index is 914. The predicted molar refractivity (Wildman–Crippen MR) is 97.9 cm³/mol. The van der Waals surface area contributed by atoms with Crippen LogP contribution in [0.4, 0.5) is 0 Å². The van der Waals surface area contributed by atoms with Gasteiger partial charge in [-0.1, -0.05) is 12.1 Å². The summed E-state index contributed by atoms with van der Waals surface area (Å²) in [5.74, 6) is 1.55. The van der Waals surface area contributed by atoms with E-state index in [2.05, 4.69) is 4.99 Å². The molecule has 0 N–H and O–H groups in total. The Morgan fingerprint density at radius 1 is 1.04 bits per heavy atom. The number of benzene rings is 2. The second-order valence-corrected chi connectivity index (χ2v) is 5.60. The van der Waals surface area contributed by atoms with Crippen molar-refractivity contribution in [1.29, 1.82) is 0 Å². The largest absolute Gasteiger partial charge is 0.497 e. The zero-order valence-corrected chi connectivity index (χ0v) is 15.0. The van der Waals surface area contributed by atoms with Gasteiger partial charge in [-0.15, -0.1) is 0 Å². The Morgan fingerprint density at radius 2 is 1.85 bits per heavy atom. The number of carbonyl (C=O) groups excluding carboxylic acids is 1. The first-order chi connectivity index (χ1) is 12.6. The van der Waals surface area contributed by atoms with Crippen molar-refractivity contribution in [2.45, 2.75) is 6.92 Å². The van der Waals surface area contributed by atoms with Gasteiger partial charge in [0.05, 0.1) is 26.9 Å². The zero-order chi connectivity index (χ0) is 18.7. The quantitative estimate of drug-likeness (QED) is 0.609. The topological polar surface area (TPSA) is 66.3 Å². The minimum absolute atomic E-state index is 0.187. The van der Waals surface area contributed by atoms with Crippen molar-refractivity contribution in [3.8, 4) is 17.2 Å². The SMILES string of the molecule is COc1ccc(C=C2N=C(c3cccc(C)c3OC)OC2=O)c(OC)c1. The van der Waals surface area contributed by atoms with E-state index in [0.29, 0.717) is 28.4 Å². The summed E-state index contributed by atoms with van der Waals surface area (Å²) in [5.41, 5.74) is 2.44. The van der Waals surface area contributed by atoms with Crippen LogP contribution in [0.25, 0.3) is 6.08 Å². The number of hydrogen-bond donors (Lipinski definition) is 0. The molecule has 0 radical (unpaired) electrons. The van der Waals surface area contributed by atoms with Gasteiger partial charge in [-0.3, -0.25) is 0 Å². The second-order valence-electron chi connectivity index (χ2n) is 5.60. The average Bonchev–Trinajstić information content (AvgIpc) is 3.02. The third-order valence-electron chi connectivity index (χ3n) is 4.00. The van der Waals surface area contributed by atoms with Crippen molar-refractivity contribution in [3.05, 3.63) is 58.8 Å². The number of carbonyl (C=O) groups is 1. The van der Waals surface area contributed by atoms with Crippen molar-refractivity contribution in [1.82, 2.24) is 0 Å². The number of aryl methyl sites for hydroxylation is 1. The molecule has 0 bridgehead atoms. The Kier molecular flexibility index (Phi) is 4.93. The second kappa shape index (κ2) is 7.31. The third kappa shape index (κ3) is 3.26. The first-order valence-corrected chi connectivity index (χ1v) is 7.96. The molecule has 1 aliphatic heterocycles. The summed E-state index contributed by atoms with van der Waals surface area (Å²) < 4.78 is 21.3. The van der Waals surface area contributed by atoms with Gasteiger partial charge in [-0.2, -0.15) is 0 Å². The standard InChI is InChI=1S/C20H19NO5/c1-12-6-5-7-15(18(12)25-4)19-21-16(20(22)26-19)10-13-8-9-14(23-2)11-17(13)24-3/h5-11H,1-4H3. The Labute approximate surface area is 151 Å². The van der Waals surface area contributed by atoms with Crippen molar-refractivity contribution < 1.29 is 23.7 Å². The average molecular weight is 353 g/mol. The molecule has 0 aliphatic carbocycles. The van der Waals surface area contributed by atoms with Gasteiger partial charge >= 0.3 is 5.97 Å². The molecule has 6 heteroatoms. The fourth-order valence-corrected chi connectivity index (χ4v) is 2.70. The fourth-order valence-electron chi connectivity index (χ4n) is 2.70. The predicted octanol–water partition coefficient (Wildman–Crippen LogP) is 3.37. The number of aliphatic imine (C=N–C) groups is 1. The maximum absolute atomic E-state index is 12.3. The van der Waals surface area contributed by atoms with Gasteiger partial charge in [0.25, 0.3) is 0 Å². The van der Waals surface area contributed by atoms with Gasteiger partial charge in [0, 0.05) is 11.6 Å². The van der Waals surface area contributed by atoms with Crippen molar-refractivity contribution in [2.24, 2.45) is 4.99 Å². The lowest BCUT2D eigenvalue weighted by atomic mass is 10.1. The van der Waals surface area contributed by atoms with E-state index in [1.807, 2.05) is 19.1 Å². The molecule has 1 heterocycles. The number of cyclic esters (lactones) is 1. The summed E-state index contributed by atoms with van der Waals surface area (Å²) in [4.78, 5) is 16.6. The van der Waals surface area contributed by atoms with E-state index < -0.39 is 5.97 Å². The maximum Gasteiger partial charge on any atom is 0.363 e. The minimum Gasteiger partial charge on any atom is -0.497 e. The van der Waals surface area contributed by atoms with E-state index in [1.54, 1.807) is 51.7 Å². The number of hydrogen-bond acceptors (Lipinski definition) is 6. The summed E-state index contributed by atoms with van der Waals surface area (Å²) in [7, 11) is 4.70. The van der Waals surface area contributed by atoms with E-state index in [0.717, 1.165) is 5.56 Å². The maximum atomic E-state index is 12.3. The van der Waals surface area contributed by atoms with Gasteiger partial charge in [-0.05, 0) is 36.8 Å². The van der Waals surface area contributed by atoms with Gasteiger partial charge in [0.2, 0.25) is 5.90 Å². The third-order valence-corrected chi connectivity index (χ3v) is 4.00. The number of rotatable bonds is 5. The number of esters is 1. The van der Waals surface area contributed by atoms with Gasteiger partial charge in [0.15, 0.2) is 5.70 Å². The van der Waals surface area contributed by atoms with E-state index in [9.17, 15) is 4.79 Å². The fraction of sp³-hybridized carbons (Fsp3) is 0.200. The molecule has 1 aliphatic rings. The molecule has 2 aromatic carbocycles. The molecule has 0 amide bonds. The van der Waals surface area contributed by atoms with E-state index in [4.69, 9.17) is 18.9 Å². The van der Waals surface area contributed by atoms with Gasteiger partial charge in [-0.25, -0.2) is 9.79 Å². The van der Waals surface area contributed by atoms with Crippen molar-refractivity contribution >= 4 is 17.9 Å². The molecule has 0 saturated heterocycles. The van der Waals surface area contributed by atoms with E-state index >= 15 is 0 Å². The number of methoxy groups -OCH3 is 3. The molecule has 0 saturated carbocycles. The molecule has 134 valence electrons. The van der Waals surface area contributed by atoms with Crippen LogP contribution >= 0.6 is 0 Å². The molecular formula is C20H19NO5. The van der Waals surface area contributed by atoms with Crippen LogP contribution in [-0.4, -0.2) is 33.2 Å². The van der Waals surface area contributed by atoms with Crippen LogP contribution in [-0.2, 0) is 9.53 Å².